The van der Waals surface area contributed by atoms with E-state index in [1.165, 1.54) is 38.9 Å². The maximum absolute atomic E-state index is 5.11. The first kappa shape index (κ1) is 38.1. The molecule has 4 nitrogen and oxygen atoms in total. The summed E-state index contributed by atoms with van der Waals surface area (Å²) in [6, 6.07) is 70.3. The van der Waals surface area contributed by atoms with Crippen LogP contribution in [0.1, 0.15) is 36.5 Å². The highest BCUT2D eigenvalue weighted by atomic mass is 15.2. The molecule has 0 spiro atoms. The Kier molecular flexibility index (Phi) is 10.7. The summed E-state index contributed by atoms with van der Waals surface area (Å²) in [5.41, 5.74) is 15.3. The topological polar surface area (TPSA) is 43.6 Å². The van der Waals surface area contributed by atoms with Crippen molar-refractivity contribution in [3.63, 3.8) is 0 Å². The minimum absolute atomic E-state index is 0.450. The largest absolute Gasteiger partial charge is 0.278 e. The molecule has 10 aromatic rings. The number of aryl methyl sites for hydroxylation is 2. The SMILES string of the molecule is Cc1ccc(-c2ccc(-c3ccc4c5ccccc5n(-c5nc(-c6ccccc6)nc(-c6ccccc6)n5)c4c3)cc2)cc1-c1ccccc1C(C)C.Cc1ccccc1. The Morgan fingerprint density at radius 3 is 1.48 bits per heavy atom. The number of nitrogens with zero attached hydrogens (tertiary/aromatic N) is 4. The highest BCUT2D eigenvalue weighted by molar-refractivity contribution is 6.10. The summed E-state index contributed by atoms with van der Waals surface area (Å²) in [7, 11) is 0. The van der Waals surface area contributed by atoms with E-state index in [9.17, 15) is 0 Å². The van der Waals surface area contributed by atoms with Gasteiger partial charge in [0, 0.05) is 21.9 Å². The number of benzene rings is 8. The van der Waals surface area contributed by atoms with Gasteiger partial charge in [-0.3, -0.25) is 4.57 Å². The maximum Gasteiger partial charge on any atom is 0.238 e. The first-order chi connectivity index (χ1) is 29.4. The normalized spacial score (nSPS) is 11.2. The number of hydrogen-bond acceptors (Lipinski definition) is 3. The molecule has 0 N–H and O–H groups in total. The second-order valence-corrected chi connectivity index (χ2v) is 15.6. The predicted octanol–water partition coefficient (Wildman–Crippen LogP) is 14.7. The van der Waals surface area contributed by atoms with Gasteiger partial charge < -0.3 is 0 Å². The molecular formula is C56H46N4. The zero-order valence-electron chi connectivity index (χ0n) is 34.4. The summed E-state index contributed by atoms with van der Waals surface area (Å²) in [6.45, 7) is 8.82. The fourth-order valence-electron chi connectivity index (χ4n) is 7.99. The van der Waals surface area contributed by atoms with Gasteiger partial charge >= 0.3 is 0 Å². The van der Waals surface area contributed by atoms with Crippen molar-refractivity contribution in [2.75, 3.05) is 0 Å². The van der Waals surface area contributed by atoms with Crippen molar-refractivity contribution >= 4 is 21.8 Å². The molecule has 0 saturated carbocycles. The van der Waals surface area contributed by atoms with Crippen molar-refractivity contribution in [2.45, 2.75) is 33.6 Å². The molecule has 0 unspecified atom stereocenters. The van der Waals surface area contributed by atoms with Crippen LogP contribution in [-0.2, 0) is 0 Å². The molecule has 4 heteroatoms. The lowest BCUT2D eigenvalue weighted by atomic mass is 9.88. The molecule has 0 amide bonds. The summed E-state index contributed by atoms with van der Waals surface area (Å²) in [5.74, 6) is 2.32. The molecule has 0 aliphatic heterocycles. The fraction of sp³-hybridized carbons (Fsp3) is 0.0893. The lowest BCUT2D eigenvalue weighted by Gasteiger charge is -2.16. The molecule has 8 aromatic carbocycles. The Bertz CT molecular complexity index is 3000. The molecule has 0 aliphatic rings. The standard InChI is InChI=1S/C49H38N4.C7H8/c1-32(2)40-18-10-11-19-41(40)44-30-38(23-22-33(44)3)34-24-26-35(27-25-34)39-28-29-43-42-20-12-13-21-45(42)53(46(43)31-39)49-51-47(36-14-6-4-7-15-36)50-48(52-49)37-16-8-5-9-17-37;1-7-5-3-2-4-6-7/h4-32H,1-3H3;2-6H,1H3. The Balaban J connectivity index is 0.000000602. The monoisotopic (exact) mass is 774 g/mol. The van der Waals surface area contributed by atoms with E-state index in [4.69, 9.17) is 15.0 Å². The van der Waals surface area contributed by atoms with Crippen molar-refractivity contribution in [3.05, 3.63) is 217 Å². The zero-order valence-corrected chi connectivity index (χ0v) is 34.4. The van der Waals surface area contributed by atoms with Gasteiger partial charge in [-0.1, -0.05) is 201 Å². The molecule has 0 saturated heterocycles. The number of hydrogen-bond donors (Lipinski definition) is 0. The van der Waals surface area contributed by atoms with Gasteiger partial charge in [0.2, 0.25) is 5.95 Å². The molecule has 10 rings (SSSR count). The van der Waals surface area contributed by atoms with Gasteiger partial charge in [0.25, 0.3) is 0 Å². The third-order valence-corrected chi connectivity index (χ3v) is 11.2. The highest BCUT2D eigenvalue weighted by Crippen LogP contribution is 2.37. The minimum Gasteiger partial charge on any atom is -0.278 e. The molecule has 0 radical (unpaired) electrons. The summed E-state index contributed by atoms with van der Waals surface area (Å²) >= 11 is 0. The van der Waals surface area contributed by atoms with Gasteiger partial charge in [0.05, 0.1) is 11.0 Å². The van der Waals surface area contributed by atoms with Crippen LogP contribution in [0.5, 0.6) is 0 Å². The maximum atomic E-state index is 5.11. The second-order valence-electron chi connectivity index (χ2n) is 15.6. The average molecular weight is 775 g/mol. The van der Waals surface area contributed by atoms with Crippen molar-refractivity contribution in [1.29, 1.82) is 0 Å². The number of rotatable bonds is 7. The Morgan fingerprint density at radius 1 is 0.383 bits per heavy atom. The Morgan fingerprint density at radius 2 is 0.883 bits per heavy atom. The van der Waals surface area contributed by atoms with Crippen LogP contribution in [0.4, 0.5) is 0 Å². The summed E-state index contributed by atoms with van der Waals surface area (Å²) < 4.78 is 2.19. The van der Waals surface area contributed by atoms with Crippen molar-refractivity contribution in [1.82, 2.24) is 19.5 Å². The van der Waals surface area contributed by atoms with Gasteiger partial charge in [-0.2, -0.15) is 9.97 Å². The summed E-state index contributed by atoms with van der Waals surface area (Å²) in [4.78, 5) is 15.2. The van der Waals surface area contributed by atoms with E-state index >= 15 is 0 Å². The van der Waals surface area contributed by atoms with Crippen LogP contribution in [0.2, 0.25) is 0 Å². The quantitative estimate of drug-likeness (QED) is 0.162. The van der Waals surface area contributed by atoms with E-state index in [-0.39, 0.29) is 0 Å². The lowest BCUT2D eigenvalue weighted by Crippen LogP contribution is -2.06. The van der Waals surface area contributed by atoms with Gasteiger partial charge in [0.15, 0.2) is 11.6 Å². The van der Waals surface area contributed by atoms with E-state index in [0.717, 1.165) is 44.1 Å². The third-order valence-electron chi connectivity index (χ3n) is 11.2. The van der Waals surface area contributed by atoms with Crippen molar-refractivity contribution in [3.8, 4) is 62.1 Å². The first-order valence-corrected chi connectivity index (χ1v) is 20.6. The fourth-order valence-corrected chi connectivity index (χ4v) is 7.99. The summed E-state index contributed by atoms with van der Waals surface area (Å²) in [5, 5.41) is 2.30. The van der Waals surface area contributed by atoms with Crippen LogP contribution < -0.4 is 0 Å². The van der Waals surface area contributed by atoms with Crippen LogP contribution in [-0.4, -0.2) is 19.5 Å². The van der Waals surface area contributed by atoms with Gasteiger partial charge in [-0.15, -0.1) is 0 Å². The van der Waals surface area contributed by atoms with E-state index in [2.05, 4.69) is 154 Å². The smallest absolute Gasteiger partial charge is 0.238 e. The number of para-hydroxylation sites is 1. The number of aromatic nitrogens is 4. The summed E-state index contributed by atoms with van der Waals surface area (Å²) in [6.07, 6.45) is 0. The molecule has 0 bridgehead atoms. The average Bonchev–Trinajstić information content (AvgIpc) is 3.64. The van der Waals surface area contributed by atoms with Crippen LogP contribution in [0, 0.1) is 13.8 Å². The van der Waals surface area contributed by atoms with Gasteiger partial charge in [-0.25, -0.2) is 4.98 Å². The third kappa shape index (κ3) is 7.76. The molecule has 2 aromatic heterocycles. The molecular weight excluding hydrogens is 729 g/mol. The highest BCUT2D eigenvalue weighted by Gasteiger charge is 2.19. The van der Waals surface area contributed by atoms with E-state index in [1.807, 2.05) is 78.9 Å². The minimum atomic E-state index is 0.450. The van der Waals surface area contributed by atoms with Crippen molar-refractivity contribution in [2.24, 2.45) is 0 Å². The Hall–Kier alpha value is -7.43. The first-order valence-electron chi connectivity index (χ1n) is 20.6. The van der Waals surface area contributed by atoms with E-state index in [0.29, 0.717) is 23.5 Å². The molecule has 0 atom stereocenters. The van der Waals surface area contributed by atoms with Gasteiger partial charge in [0.1, 0.15) is 0 Å². The van der Waals surface area contributed by atoms with Crippen LogP contribution in [0.25, 0.3) is 83.9 Å². The van der Waals surface area contributed by atoms with Crippen LogP contribution >= 0.6 is 0 Å². The second kappa shape index (κ2) is 16.8. The molecule has 0 aliphatic carbocycles. The molecule has 0 fully saturated rings. The van der Waals surface area contributed by atoms with E-state index < -0.39 is 0 Å². The van der Waals surface area contributed by atoms with Crippen LogP contribution in [0.15, 0.2) is 200 Å². The molecule has 2 heterocycles. The van der Waals surface area contributed by atoms with Crippen molar-refractivity contribution < 1.29 is 0 Å². The lowest BCUT2D eigenvalue weighted by molar-refractivity contribution is 0.869. The number of fused-ring (bicyclic) bond motifs is 3. The zero-order chi connectivity index (χ0) is 41.0. The predicted molar refractivity (Wildman–Crippen MR) is 251 cm³/mol. The van der Waals surface area contributed by atoms with E-state index in [1.54, 1.807) is 0 Å². The molecule has 60 heavy (non-hydrogen) atoms. The Labute approximate surface area is 352 Å². The van der Waals surface area contributed by atoms with Gasteiger partial charge in [-0.05, 0) is 82.5 Å². The van der Waals surface area contributed by atoms with Crippen LogP contribution in [0.3, 0.4) is 0 Å². The molecule has 290 valence electrons.